The minimum atomic E-state index is -0.146. The van der Waals surface area contributed by atoms with E-state index in [4.69, 9.17) is 14.2 Å². The third-order valence-corrected chi connectivity index (χ3v) is 3.42. The van der Waals surface area contributed by atoms with Gasteiger partial charge in [-0.2, -0.15) is 0 Å². The molecule has 20 heavy (non-hydrogen) atoms. The summed E-state index contributed by atoms with van der Waals surface area (Å²) in [5, 5.41) is 2.83. The first kappa shape index (κ1) is 15.3. The van der Waals surface area contributed by atoms with E-state index in [1.54, 1.807) is 7.11 Å². The molecule has 1 aliphatic heterocycles. The van der Waals surface area contributed by atoms with Gasteiger partial charge in [0, 0.05) is 30.1 Å². The van der Waals surface area contributed by atoms with Gasteiger partial charge in [-0.3, -0.25) is 4.79 Å². The highest BCUT2D eigenvalue weighted by Gasteiger charge is 2.17. The van der Waals surface area contributed by atoms with Crippen molar-refractivity contribution in [3.05, 3.63) is 27.7 Å². The van der Waals surface area contributed by atoms with Gasteiger partial charge in [0.05, 0.1) is 19.8 Å². The summed E-state index contributed by atoms with van der Waals surface area (Å²) < 4.78 is 16.6. The van der Waals surface area contributed by atoms with Crippen LogP contribution >= 0.6 is 15.9 Å². The van der Waals surface area contributed by atoms with Crippen LogP contribution in [0.5, 0.6) is 5.75 Å². The minimum Gasteiger partial charge on any atom is -0.493 e. The Balaban J connectivity index is 1.84. The number of amides is 1. The number of rotatable bonds is 7. The Kier molecular flexibility index (Phi) is 5.82. The van der Waals surface area contributed by atoms with Gasteiger partial charge in [-0.15, -0.1) is 0 Å². The molecule has 0 saturated heterocycles. The van der Waals surface area contributed by atoms with E-state index in [1.165, 1.54) is 5.56 Å². The lowest BCUT2D eigenvalue weighted by atomic mass is 10.1. The van der Waals surface area contributed by atoms with E-state index in [0.717, 1.165) is 22.2 Å². The third kappa shape index (κ3) is 4.19. The second-order valence-electron chi connectivity index (χ2n) is 4.47. The van der Waals surface area contributed by atoms with Crippen molar-refractivity contribution in [1.29, 1.82) is 0 Å². The zero-order valence-corrected chi connectivity index (χ0v) is 13.0. The molecule has 0 fully saturated rings. The Morgan fingerprint density at radius 3 is 3.10 bits per heavy atom. The number of ether oxygens (including phenoxy) is 3. The highest BCUT2D eigenvalue weighted by Crippen LogP contribution is 2.32. The summed E-state index contributed by atoms with van der Waals surface area (Å²) in [6.45, 7) is 2.08. The standard InChI is InChI=1S/C14H18BrNO4/c1-18-4-5-19-9-13(17)16-8-11-7-12(15)6-10-2-3-20-14(10)11/h6-7H,2-5,8-9H2,1H3,(H,16,17). The molecular weight excluding hydrogens is 326 g/mol. The van der Waals surface area contributed by atoms with Gasteiger partial charge in [0.25, 0.3) is 0 Å². The summed E-state index contributed by atoms with van der Waals surface area (Å²) in [7, 11) is 1.59. The highest BCUT2D eigenvalue weighted by molar-refractivity contribution is 9.10. The molecule has 0 atom stereocenters. The van der Waals surface area contributed by atoms with E-state index in [0.29, 0.717) is 26.4 Å². The Morgan fingerprint density at radius 1 is 1.45 bits per heavy atom. The molecule has 0 unspecified atom stereocenters. The van der Waals surface area contributed by atoms with Crippen LogP contribution in [-0.4, -0.2) is 39.4 Å². The normalized spacial score (nSPS) is 12.9. The first-order chi connectivity index (χ1) is 9.70. The lowest BCUT2D eigenvalue weighted by Crippen LogP contribution is -2.27. The summed E-state index contributed by atoms with van der Waals surface area (Å²) in [6.07, 6.45) is 0.913. The molecule has 1 heterocycles. The Hall–Kier alpha value is -1.11. The van der Waals surface area contributed by atoms with Gasteiger partial charge >= 0.3 is 0 Å². The predicted molar refractivity (Wildman–Crippen MR) is 77.9 cm³/mol. The fourth-order valence-corrected chi connectivity index (χ4v) is 2.58. The van der Waals surface area contributed by atoms with Crippen LogP contribution in [0.4, 0.5) is 0 Å². The van der Waals surface area contributed by atoms with Crippen LogP contribution in [0.25, 0.3) is 0 Å². The van der Waals surface area contributed by atoms with Crippen LogP contribution < -0.4 is 10.1 Å². The van der Waals surface area contributed by atoms with Crippen molar-refractivity contribution in [2.24, 2.45) is 0 Å². The average molecular weight is 344 g/mol. The number of hydrogen-bond acceptors (Lipinski definition) is 4. The van der Waals surface area contributed by atoms with E-state index >= 15 is 0 Å². The van der Waals surface area contributed by atoms with E-state index in [2.05, 4.69) is 27.3 Å². The van der Waals surface area contributed by atoms with Gasteiger partial charge in [0.2, 0.25) is 5.91 Å². The van der Waals surface area contributed by atoms with Crippen LogP contribution in [0.2, 0.25) is 0 Å². The van der Waals surface area contributed by atoms with Crippen molar-refractivity contribution in [1.82, 2.24) is 5.32 Å². The van der Waals surface area contributed by atoms with Gasteiger partial charge in [-0.05, 0) is 17.7 Å². The Labute approximate surface area is 126 Å². The molecule has 0 bridgehead atoms. The highest BCUT2D eigenvalue weighted by atomic mass is 79.9. The SMILES string of the molecule is COCCOCC(=O)NCc1cc(Br)cc2c1OCC2. The molecule has 1 aromatic rings. The van der Waals surface area contributed by atoms with Gasteiger partial charge < -0.3 is 19.5 Å². The van der Waals surface area contributed by atoms with Gasteiger partial charge in [-0.25, -0.2) is 0 Å². The number of hydrogen-bond donors (Lipinski definition) is 1. The van der Waals surface area contributed by atoms with Crippen molar-refractivity contribution in [2.75, 3.05) is 33.5 Å². The van der Waals surface area contributed by atoms with Crippen LogP contribution in [0, 0.1) is 0 Å². The molecule has 0 saturated carbocycles. The molecule has 110 valence electrons. The Morgan fingerprint density at radius 2 is 2.30 bits per heavy atom. The summed E-state index contributed by atoms with van der Waals surface area (Å²) >= 11 is 3.48. The summed E-state index contributed by atoms with van der Waals surface area (Å²) in [6, 6.07) is 4.03. The summed E-state index contributed by atoms with van der Waals surface area (Å²) in [4.78, 5) is 11.6. The monoisotopic (exact) mass is 343 g/mol. The smallest absolute Gasteiger partial charge is 0.246 e. The van der Waals surface area contributed by atoms with Gasteiger partial charge in [0.15, 0.2) is 0 Å². The number of benzene rings is 1. The fraction of sp³-hybridized carbons (Fsp3) is 0.500. The molecule has 1 amide bonds. The summed E-state index contributed by atoms with van der Waals surface area (Å²) in [5.74, 6) is 0.752. The molecule has 1 aliphatic rings. The first-order valence-electron chi connectivity index (χ1n) is 6.48. The molecule has 0 radical (unpaired) electrons. The number of carbonyl (C=O) groups excluding carboxylic acids is 1. The number of nitrogens with one attached hydrogen (secondary N) is 1. The minimum absolute atomic E-state index is 0.0421. The van der Waals surface area contributed by atoms with E-state index in [9.17, 15) is 4.79 Å². The van der Waals surface area contributed by atoms with Gasteiger partial charge in [-0.1, -0.05) is 15.9 Å². The maximum absolute atomic E-state index is 11.6. The van der Waals surface area contributed by atoms with Crippen LogP contribution in [0.1, 0.15) is 11.1 Å². The molecule has 0 aliphatic carbocycles. The molecular formula is C14H18BrNO4. The molecule has 0 spiro atoms. The average Bonchev–Trinajstić information content (AvgIpc) is 2.89. The number of halogens is 1. The van der Waals surface area contributed by atoms with Crippen LogP contribution in [0.3, 0.4) is 0 Å². The quantitative estimate of drug-likeness (QED) is 0.765. The molecule has 5 nitrogen and oxygen atoms in total. The second-order valence-corrected chi connectivity index (χ2v) is 5.39. The molecule has 2 rings (SSSR count). The van der Waals surface area contributed by atoms with Crippen molar-refractivity contribution < 1.29 is 19.0 Å². The molecule has 1 aromatic carbocycles. The van der Waals surface area contributed by atoms with Crippen molar-refractivity contribution in [3.63, 3.8) is 0 Å². The maximum Gasteiger partial charge on any atom is 0.246 e. The molecule has 6 heteroatoms. The van der Waals surface area contributed by atoms with Crippen molar-refractivity contribution in [3.8, 4) is 5.75 Å². The zero-order chi connectivity index (χ0) is 14.4. The fourth-order valence-electron chi connectivity index (χ4n) is 2.03. The number of carbonyl (C=O) groups is 1. The third-order valence-electron chi connectivity index (χ3n) is 2.97. The topological polar surface area (TPSA) is 56.8 Å². The molecule has 1 N–H and O–H groups in total. The number of methoxy groups -OCH3 is 1. The van der Waals surface area contributed by atoms with Crippen molar-refractivity contribution >= 4 is 21.8 Å². The predicted octanol–water partition coefficient (Wildman–Crippen LogP) is 1.66. The Bertz CT molecular complexity index is 478. The second kappa shape index (κ2) is 7.61. The number of fused-ring (bicyclic) bond motifs is 1. The van der Waals surface area contributed by atoms with E-state index in [1.807, 2.05) is 6.07 Å². The first-order valence-corrected chi connectivity index (χ1v) is 7.27. The van der Waals surface area contributed by atoms with E-state index < -0.39 is 0 Å². The molecule has 0 aromatic heterocycles. The van der Waals surface area contributed by atoms with Gasteiger partial charge in [0.1, 0.15) is 12.4 Å². The van der Waals surface area contributed by atoms with Crippen LogP contribution in [0.15, 0.2) is 16.6 Å². The van der Waals surface area contributed by atoms with Crippen LogP contribution in [-0.2, 0) is 27.2 Å². The largest absolute Gasteiger partial charge is 0.493 e. The summed E-state index contributed by atoms with van der Waals surface area (Å²) in [5.41, 5.74) is 2.16. The van der Waals surface area contributed by atoms with E-state index in [-0.39, 0.29) is 12.5 Å². The lowest BCUT2D eigenvalue weighted by molar-refractivity contribution is -0.126. The lowest BCUT2D eigenvalue weighted by Gasteiger charge is -2.10. The maximum atomic E-state index is 11.6. The zero-order valence-electron chi connectivity index (χ0n) is 11.4. The van der Waals surface area contributed by atoms with Crippen molar-refractivity contribution in [2.45, 2.75) is 13.0 Å².